The van der Waals surface area contributed by atoms with Crippen LogP contribution >= 0.6 is 15.9 Å². The first kappa shape index (κ1) is 13.4. The molecule has 2 aromatic rings. The van der Waals surface area contributed by atoms with E-state index < -0.39 is 0 Å². The highest BCUT2D eigenvalue weighted by molar-refractivity contribution is 9.10. The standard InChI is InChI=1S/C15H13BrFNO2/c16-12-6-15-14(19-9-20-15)5-11(12)8-18-7-10-3-1-2-4-13(10)17/h1-6,18H,7-9H2. The van der Waals surface area contributed by atoms with Crippen LogP contribution < -0.4 is 14.8 Å². The maximum Gasteiger partial charge on any atom is 0.231 e. The molecule has 1 N–H and O–H groups in total. The first-order valence-corrected chi connectivity index (χ1v) is 7.05. The van der Waals surface area contributed by atoms with Gasteiger partial charge in [0.15, 0.2) is 11.5 Å². The lowest BCUT2D eigenvalue weighted by atomic mass is 10.2. The first-order chi connectivity index (χ1) is 9.74. The Balaban J connectivity index is 1.66. The van der Waals surface area contributed by atoms with E-state index in [1.165, 1.54) is 6.07 Å². The smallest absolute Gasteiger partial charge is 0.231 e. The van der Waals surface area contributed by atoms with Crippen molar-refractivity contribution in [1.29, 1.82) is 0 Å². The number of hydrogen-bond donors (Lipinski definition) is 1. The fraction of sp³-hybridized carbons (Fsp3) is 0.200. The molecule has 5 heteroatoms. The molecule has 0 saturated heterocycles. The number of benzene rings is 2. The molecule has 1 aliphatic rings. The Morgan fingerprint density at radius 2 is 1.75 bits per heavy atom. The van der Waals surface area contributed by atoms with Crippen molar-refractivity contribution in [3.8, 4) is 11.5 Å². The highest BCUT2D eigenvalue weighted by Crippen LogP contribution is 2.36. The van der Waals surface area contributed by atoms with Crippen molar-refractivity contribution in [2.24, 2.45) is 0 Å². The van der Waals surface area contributed by atoms with Crippen LogP contribution in [0, 0.1) is 5.82 Å². The van der Waals surface area contributed by atoms with E-state index in [1.54, 1.807) is 12.1 Å². The summed E-state index contributed by atoms with van der Waals surface area (Å²) in [6, 6.07) is 10.6. The number of rotatable bonds is 4. The lowest BCUT2D eigenvalue weighted by Crippen LogP contribution is -2.14. The van der Waals surface area contributed by atoms with Crippen LogP contribution in [0.2, 0.25) is 0 Å². The second-order valence-electron chi connectivity index (χ2n) is 4.49. The van der Waals surface area contributed by atoms with Crippen molar-refractivity contribution in [2.45, 2.75) is 13.1 Å². The first-order valence-electron chi connectivity index (χ1n) is 6.26. The number of fused-ring (bicyclic) bond motifs is 1. The minimum absolute atomic E-state index is 0.190. The van der Waals surface area contributed by atoms with Crippen molar-refractivity contribution < 1.29 is 13.9 Å². The summed E-state index contributed by atoms with van der Waals surface area (Å²) in [5.74, 6) is 1.30. The van der Waals surface area contributed by atoms with Crippen molar-refractivity contribution in [1.82, 2.24) is 5.32 Å². The minimum atomic E-state index is -0.190. The molecule has 0 fully saturated rings. The zero-order valence-corrected chi connectivity index (χ0v) is 12.2. The molecule has 0 spiro atoms. The summed E-state index contributed by atoms with van der Waals surface area (Å²) in [5.41, 5.74) is 1.70. The highest BCUT2D eigenvalue weighted by Gasteiger charge is 2.16. The van der Waals surface area contributed by atoms with E-state index in [0.29, 0.717) is 18.7 Å². The van der Waals surface area contributed by atoms with Gasteiger partial charge in [0.1, 0.15) is 5.82 Å². The molecule has 1 heterocycles. The summed E-state index contributed by atoms with van der Waals surface area (Å²) in [4.78, 5) is 0. The third kappa shape index (κ3) is 2.78. The van der Waals surface area contributed by atoms with Crippen LogP contribution in [0.5, 0.6) is 11.5 Å². The van der Waals surface area contributed by atoms with Gasteiger partial charge in [0, 0.05) is 23.1 Å². The van der Waals surface area contributed by atoms with Crippen molar-refractivity contribution in [3.63, 3.8) is 0 Å². The third-order valence-corrected chi connectivity index (χ3v) is 3.87. The average Bonchev–Trinajstić information content (AvgIpc) is 2.88. The quantitative estimate of drug-likeness (QED) is 0.924. The lowest BCUT2D eigenvalue weighted by molar-refractivity contribution is 0.174. The molecule has 0 unspecified atom stereocenters. The number of nitrogens with one attached hydrogen (secondary N) is 1. The molecule has 20 heavy (non-hydrogen) atoms. The maximum absolute atomic E-state index is 13.5. The molecule has 0 amide bonds. The van der Waals surface area contributed by atoms with E-state index in [2.05, 4.69) is 21.2 Å². The molecular formula is C15H13BrFNO2. The number of hydrogen-bond acceptors (Lipinski definition) is 3. The van der Waals surface area contributed by atoms with Crippen LogP contribution in [0.3, 0.4) is 0 Å². The minimum Gasteiger partial charge on any atom is -0.454 e. The van der Waals surface area contributed by atoms with Crippen molar-refractivity contribution >= 4 is 15.9 Å². The predicted molar refractivity (Wildman–Crippen MR) is 77.2 cm³/mol. The molecule has 0 radical (unpaired) electrons. The van der Waals surface area contributed by atoms with Crippen molar-refractivity contribution in [3.05, 3.63) is 57.8 Å². The zero-order valence-electron chi connectivity index (χ0n) is 10.7. The van der Waals surface area contributed by atoms with Crippen LogP contribution in [-0.2, 0) is 13.1 Å². The molecule has 3 nitrogen and oxygen atoms in total. The van der Waals surface area contributed by atoms with Gasteiger partial charge in [0.25, 0.3) is 0 Å². The fourth-order valence-electron chi connectivity index (χ4n) is 2.07. The second-order valence-corrected chi connectivity index (χ2v) is 5.35. The molecule has 2 aromatic carbocycles. The van der Waals surface area contributed by atoms with Gasteiger partial charge in [-0.05, 0) is 23.8 Å². The molecule has 0 atom stereocenters. The molecule has 3 rings (SSSR count). The molecule has 104 valence electrons. The third-order valence-electron chi connectivity index (χ3n) is 3.13. The Kier molecular flexibility index (Phi) is 3.89. The average molecular weight is 338 g/mol. The van der Waals surface area contributed by atoms with Gasteiger partial charge in [-0.1, -0.05) is 34.1 Å². The molecule has 0 saturated carbocycles. The summed E-state index contributed by atoms with van der Waals surface area (Å²) in [5, 5.41) is 3.22. The highest BCUT2D eigenvalue weighted by atomic mass is 79.9. The van der Waals surface area contributed by atoms with Gasteiger partial charge in [0.2, 0.25) is 6.79 Å². The SMILES string of the molecule is Fc1ccccc1CNCc1cc2c(cc1Br)OCO2. The van der Waals surface area contributed by atoms with Gasteiger partial charge in [-0.25, -0.2) is 4.39 Å². The Morgan fingerprint density at radius 1 is 1.05 bits per heavy atom. The van der Waals surface area contributed by atoms with E-state index in [1.807, 2.05) is 18.2 Å². The van der Waals surface area contributed by atoms with Crippen LogP contribution in [-0.4, -0.2) is 6.79 Å². The normalized spacial score (nSPS) is 12.7. The largest absolute Gasteiger partial charge is 0.454 e. The molecular weight excluding hydrogens is 325 g/mol. The topological polar surface area (TPSA) is 30.5 Å². The number of ether oxygens (including phenoxy) is 2. The van der Waals surface area contributed by atoms with Gasteiger partial charge in [-0.15, -0.1) is 0 Å². The lowest BCUT2D eigenvalue weighted by Gasteiger charge is -2.09. The van der Waals surface area contributed by atoms with E-state index in [9.17, 15) is 4.39 Å². The van der Waals surface area contributed by atoms with Gasteiger partial charge in [-0.3, -0.25) is 0 Å². The Morgan fingerprint density at radius 3 is 2.55 bits per heavy atom. The number of halogens is 2. The van der Waals surface area contributed by atoms with E-state index >= 15 is 0 Å². The predicted octanol–water partition coefficient (Wildman–Crippen LogP) is 3.61. The second kappa shape index (κ2) is 5.81. The van der Waals surface area contributed by atoms with Crippen LogP contribution in [0.4, 0.5) is 4.39 Å². The van der Waals surface area contributed by atoms with Crippen molar-refractivity contribution in [2.75, 3.05) is 6.79 Å². The summed E-state index contributed by atoms with van der Waals surface area (Å²) >= 11 is 3.50. The Labute approximate surface area is 124 Å². The van der Waals surface area contributed by atoms with Gasteiger partial charge < -0.3 is 14.8 Å². The molecule has 0 aliphatic carbocycles. The molecule has 0 aromatic heterocycles. The summed E-state index contributed by atoms with van der Waals surface area (Å²) in [7, 11) is 0. The van der Waals surface area contributed by atoms with Crippen LogP contribution in [0.1, 0.15) is 11.1 Å². The molecule has 0 bridgehead atoms. The zero-order chi connectivity index (χ0) is 13.9. The fourth-order valence-corrected chi connectivity index (χ4v) is 2.53. The monoisotopic (exact) mass is 337 g/mol. The van der Waals surface area contributed by atoms with E-state index in [-0.39, 0.29) is 12.6 Å². The van der Waals surface area contributed by atoms with Gasteiger partial charge >= 0.3 is 0 Å². The summed E-state index contributed by atoms with van der Waals surface area (Å²) < 4.78 is 25.1. The van der Waals surface area contributed by atoms with E-state index in [0.717, 1.165) is 21.5 Å². The Hall–Kier alpha value is -1.59. The van der Waals surface area contributed by atoms with Gasteiger partial charge in [0.05, 0.1) is 0 Å². The van der Waals surface area contributed by atoms with Gasteiger partial charge in [-0.2, -0.15) is 0 Å². The summed E-state index contributed by atoms with van der Waals surface area (Å²) in [6.45, 7) is 1.35. The summed E-state index contributed by atoms with van der Waals surface area (Å²) in [6.07, 6.45) is 0. The van der Waals surface area contributed by atoms with E-state index in [4.69, 9.17) is 9.47 Å². The van der Waals surface area contributed by atoms with Crippen LogP contribution in [0.25, 0.3) is 0 Å². The molecule has 1 aliphatic heterocycles. The van der Waals surface area contributed by atoms with Crippen LogP contribution in [0.15, 0.2) is 40.9 Å². The maximum atomic E-state index is 13.5. The Bertz CT molecular complexity index is 633.